The molecule has 30 heavy (non-hydrogen) atoms. The predicted molar refractivity (Wildman–Crippen MR) is 108 cm³/mol. The summed E-state index contributed by atoms with van der Waals surface area (Å²) in [6.07, 6.45) is 0. The van der Waals surface area contributed by atoms with Gasteiger partial charge in [0, 0.05) is 17.7 Å². The highest BCUT2D eigenvalue weighted by atomic mass is 16.6. The van der Waals surface area contributed by atoms with E-state index in [2.05, 4.69) is 21.2 Å². The minimum Gasteiger partial charge on any atom is -0.267 e. The molecule has 0 atom stereocenters. The highest BCUT2D eigenvalue weighted by Gasteiger charge is 2.23. The molecule has 0 saturated heterocycles. The molecule has 0 radical (unpaired) electrons. The third kappa shape index (κ3) is 4.32. The molecule has 0 spiro atoms. The Morgan fingerprint density at radius 1 is 1.07 bits per heavy atom. The number of carbonyl (C=O) groups is 2. The van der Waals surface area contributed by atoms with Crippen LogP contribution in [0.4, 0.5) is 5.69 Å². The quantitative estimate of drug-likeness (QED) is 0.493. The molecule has 154 valence electrons. The van der Waals surface area contributed by atoms with Crippen molar-refractivity contribution in [3.63, 3.8) is 0 Å². The number of amides is 2. The molecular weight excluding hydrogens is 388 g/mol. The van der Waals surface area contributed by atoms with Crippen molar-refractivity contribution < 1.29 is 14.5 Å². The van der Waals surface area contributed by atoms with Crippen molar-refractivity contribution in [2.75, 3.05) is 0 Å². The lowest BCUT2D eigenvalue weighted by molar-refractivity contribution is -0.384. The number of aryl methyl sites for hydroxylation is 1. The number of non-ortho nitro benzene ring substituents is 1. The van der Waals surface area contributed by atoms with Crippen molar-refractivity contribution in [1.29, 1.82) is 0 Å². The maximum Gasteiger partial charge on any atom is 0.292 e. The number of nitrogens with zero attached hydrogens (tertiary/aromatic N) is 4. The molecule has 2 N–H and O–H groups in total. The van der Waals surface area contributed by atoms with Crippen LogP contribution in [0.25, 0.3) is 5.69 Å². The lowest BCUT2D eigenvalue weighted by atomic mass is 10.1. The smallest absolute Gasteiger partial charge is 0.267 e. The van der Waals surface area contributed by atoms with Crippen LogP contribution in [-0.2, 0) is 0 Å². The Bertz CT molecular complexity index is 1100. The second-order valence-corrected chi connectivity index (χ2v) is 6.94. The average Bonchev–Trinajstić information content (AvgIpc) is 3.18. The Morgan fingerprint density at radius 3 is 2.37 bits per heavy atom. The maximum atomic E-state index is 12.6. The molecule has 3 aromatic rings. The SMILES string of the molecule is Cc1ccc(-n2nnc(C(=O)NNC(=O)c3cccc([N+](=O)[O-])c3)c2C(C)C)cc1. The van der Waals surface area contributed by atoms with E-state index in [9.17, 15) is 19.7 Å². The molecule has 10 heteroatoms. The van der Waals surface area contributed by atoms with Gasteiger partial charge in [-0.05, 0) is 31.0 Å². The second-order valence-electron chi connectivity index (χ2n) is 6.94. The Morgan fingerprint density at radius 2 is 1.73 bits per heavy atom. The Balaban J connectivity index is 1.79. The summed E-state index contributed by atoms with van der Waals surface area (Å²) < 4.78 is 1.58. The topological polar surface area (TPSA) is 132 Å². The number of nitro groups is 1. The summed E-state index contributed by atoms with van der Waals surface area (Å²) in [5.74, 6) is -1.41. The van der Waals surface area contributed by atoms with Crippen molar-refractivity contribution in [3.05, 3.63) is 81.2 Å². The highest BCUT2D eigenvalue weighted by molar-refractivity contribution is 5.99. The van der Waals surface area contributed by atoms with E-state index in [0.29, 0.717) is 5.69 Å². The minimum atomic E-state index is -0.691. The van der Waals surface area contributed by atoms with Gasteiger partial charge in [-0.3, -0.25) is 30.6 Å². The van der Waals surface area contributed by atoms with Crippen LogP contribution in [0.3, 0.4) is 0 Å². The monoisotopic (exact) mass is 408 g/mol. The molecule has 0 aliphatic rings. The van der Waals surface area contributed by atoms with Crippen molar-refractivity contribution in [3.8, 4) is 5.69 Å². The van der Waals surface area contributed by atoms with E-state index in [4.69, 9.17) is 0 Å². The molecule has 3 rings (SSSR count). The van der Waals surface area contributed by atoms with E-state index in [0.717, 1.165) is 17.3 Å². The van der Waals surface area contributed by atoms with E-state index >= 15 is 0 Å². The van der Waals surface area contributed by atoms with Gasteiger partial charge in [-0.25, -0.2) is 4.68 Å². The average molecular weight is 408 g/mol. The fourth-order valence-electron chi connectivity index (χ4n) is 2.85. The van der Waals surface area contributed by atoms with Gasteiger partial charge >= 0.3 is 0 Å². The van der Waals surface area contributed by atoms with Crippen LogP contribution >= 0.6 is 0 Å². The summed E-state index contributed by atoms with van der Waals surface area (Å²) in [5, 5.41) is 18.9. The van der Waals surface area contributed by atoms with Gasteiger partial charge in [-0.15, -0.1) is 5.10 Å². The number of carbonyl (C=O) groups excluding carboxylic acids is 2. The molecule has 0 unspecified atom stereocenters. The predicted octanol–water partition coefficient (Wildman–Crippen LogP) is 2.68. The molecule has 0 bridgehead atoms. The number of hydrogen-bond acceptors (Lipinski definition) is 6. The molecule has 0 aliphatic heterocycles. The zero-order chi connectivity index (χ0) is 21.8. The van der Waals surface area contributed by atoms with Crippen molar-refractivity contribution in [1.82, 2.24) is 25.8 Å². The number of benzene rings is 2. The van der Waals surface area contributed by atoms with Crippen LogP contribution in [0, 0.1) is 17.0 Å². The van der Waals surface area contributed by atoms with E-state index in [-0.39, 0.29) is 22.9 Å². The first-order valence-corrected chi connectivity index (χ1v) is 9.15. The van der Waals surface area contributed by atoms with Crippen molar-refractivity contribution >= 4 is 17.5 Å². The van der Waals surface area contributed by atoms with Gasteiger partial charge in [0.1, 0.15) is 0 Å². The van der Waals surface area contributed by atoms with Gasteiger partial charge in [-0.1, -0.05) is 42.8 Å². The zero-order valence-electron chi connectivity index (χ0n) is 16.6. The molecule has 0 aliphatic carbocycles. The van der Waals surface area contributed by atoms with Gasteiger partial charge in [0.25, 0.3) is 17.5 Å². The summed E-state index contributed by atoms with van der Waals surface area (Å²) >= 11 is 0. The first-order chi connectivity index (χ1) is 14.3. The largest absolute Gasteiger partial charge is 0.292 e. The second kappa shape index (κ2) is 8.52. The first-order valence-electron chi connectivity index (χ1n) is 9.15. The van der Waals surface area contributed by atoms with Gasteiger partial charge < -0.3 is 0 Å². The van der Waals surface area contributed by atoms with Crippen LogP contribution in [0.5, 0.6) is 0 Å². The lowest BCUT2D eigenvalue weighted by Gasteiger charge is -2.12. The van der Waals surface area contributed by atoms with Crippen molar-refractivity contribution in [2.45, 2.75) is 26.7 Å². The van der Waals surface area contributed by atoms with E-state index in [1.165, 1.54) is 18.2 Å². The molecule has 2 aromatic carbocycles. The number of hydrogen-bond donors (Lipinski definition) is 2. The standard InChI is InChI=1S/C20H20N6O4/c1-12(2)18-17(21-24-25(18)15-9-7-13(3)8-10-15)20(28)23-22-19(27)14-5-4-6-16(11-14)26(29)30/h4-12H,1-3H3,(H,22,27)(H,23,28). The van der Waals surface area contributed by atoms with Gasteiger partial charge in [0.15, 0.2) is 5.69 Å². The Kier molecular flexibility index (Phi) is 5.86. The summed E-state index contributed by atoms with van der Waals surface area (Å²) in [4.78, 5) is 35.1. The Labute approximate surface area is 172 Å². The number of nitrogens with one attached hydrogen (secondary N) is 2. The maximum absolute atomic E-state index is 12.6. The molecule has 0 fully saturated rings. The van der Waals surface area contributed by atoms with Crippen LogP contribution in [0.1, 0.15) is 51.9 Å². The molecular formula is C20H20N6O4. The van der Waals surface area contributed by atoms with Crippen LogP contribution in [0.15, 0.2) is 48.5 Å². The number of aromatic nitrogens is 3. The van der Waals surface area contributed by atoms with Gasteiger partial charge in [0.2, 0.25) is 0 Å². The fourth-order valence-corrected chi connectivity index (χ4v) is 2.85. The molecule has 1 heterocycles. The summed E-state index contributed by atoms with van der Waals surface area (Å²) in [6.45, 7) is 5.78. The lowest BCUT2D eigenvalue weighted by Crippen LogP contribution is -2.42. The third-order valence-corrected chi connectivity index (χ3v) is 4.35. The first kappa shape index (κ1) is 20.6. The highest BCUT2D eigenvalue weighted by Crippen LogP contribution is 2.21. The number of hydrazine groups is 1. The number of rotatable bonds is 5. The zero-order valence-corrected chi connectivity index (χ0v) is 16.6. The molecule has 1 aromatic heterocycles. The van der Waals surface area contributed by atoms with Crippen LogP contribution < -0.4 is 10.9 Å². The summed E-state index contributed by atoms with van der Waals surface area (Å²) in [5.41, 5.74) is 6.86. The van der Waals surface area contributed by atoms with Gasteiger partial charge in [-0.2, -0.15) is 0 Å². The summed E-state index contributed by atoms with van der Waals surface area (Å²) in [6, 6.07) is 12.8. The molecule has 0 saturated carbocycles. The van der Waals surface area contributed by atoms with E-state index in [1.807, 2.05) is 45.0 Å². The van der Waals surface area contributed by atoms with Gasteiger partial charge in [0.05, 0.1) is 16.3 Å². The Hall–Kier alpha value is -4.08. The van der Waals surface area contributed by atoms with Crippen LogP contribution in [-0.4, -0.2) is 31.7 Å². The third-order valence-electron chi connectivity index (χ3n) is 4.35. The number of nitro benzene ring substituents is 1. The van der Waals surface area contributed by atoms with E-state index < -0.39 is 16.7 Å². The van der Waals surface area contributed by atoms with Crippen molar-refractivity contribution in [2.24, 2.45) is 0 Å². The van der Waals surface area contributed by atoms with E-state index in [1.54, 1.807) is 4.68 Å². The minimum absolute atomic E-state index is 0.0388. The fraction of sp³-hybridized carbons (Fsp3) is 0.200. The normalized spacial score (nSPS) is 10.7. The van der Waals surface area contributed by atoms with Crippen LogP contribution in [0.2, 0.25) is 0 Å². The molecule has 10 nitrogen and oxygen atoms in total. The molecule has 2 amide bonds. The summed E-state index contributed by atoms with van der Waals surface area (Å²) in [7, 11) is 0.